The zero-order valence-corrected chi connectivity index (χ0v) is 12.0. The molecule has 0 aliphatic rings. The molecule has 0 amide bonds. The van der Waals surface area contributed by atoms with Gasteiger partial charge in [0.25, 0.3) is 0 Å². The van der Waals surface area contributed by atoms with Crippen molar-refractivity contribution in [3.8, 4) is 0 Å². The minimum Gasteiger partial charge on any atom is -0.395 e. The van der Waals surface area contributed by atoms with Gasteiger partial charge in [-0.1, -0.05) is 67.6 Å². The molecule has 0 bridgehead atoms. The highest BCUT2D eigenvalue weighted by atomic mass is 16.3. The molecular weight excluding hydrogens is 246 g/mol. The van der Waals surface area contributed by atoms with Crippen LogP contribution < -0.4 is 5.32 Å². The van der Waals surface area contributed by atoms with E-state index in [9.17, 15) is 5.11 Å². The summed E-state index contributed by atoms with van der Waals surface area (Å²) in [7, 11) is 0. The van der Waals surface area contributed by atoms with E-state index in [-0.39, 0.29) is 18.7 Å². The van der Waals surface area contributed by atoms with Crippen LogP contribution >= 0.6 is 0 Å². The highest BCUT2D eigenvalue weighted by Crippen LogP contribution is 2.17. The zero-order chi connectivity index (χ0) is 14.2. The Balaban J connectivity index is 2.01. The van der Waals surface area contributed by atoms with Crippen molar-refractivity contribution in [1.82, 2.24) is 5.32 Å². The molecule has 2 nitrogen and oxygen atoms in total. The molecule has 2 aromatic rings. The quantitative estimate of drug-likeness (QED) is 0.808. The Kier molecular flexibility index (Phi) is 5.78. The third-order valence-electron chi connectivity index (χ3n) is 3.59. The standard InChI is InChI=1S/C18H23NO/c1-2-18(16-11-7-4-8-12-16)19-17(14-20)13-15-9-5-3-6-10-15/h3-12,17-20H,2,13-14H2,1H3. The Labute approximate surface area is 121 Å². The van der Waals surface area contributed by atoms with Gasteiger partial charge in [-0.25, -0.2) is 0 Å². The maximum absolute atomic E-state index is 9.62. The van der Waals surface area contributed by atoms with Crippen molar-refractivity contribution >= 4 is 0 Å². The summed E-state index contributed by atoms with van der Waals surface area (Å²) >= 11 is 0. The second-order valence-corrected chi connectivity index (χ2v) is 5.11. The summed E-state index contributed by atoms with van der Waals surface area (Å²) in [5.74, 6) is 0. The highest BCUT2D eigenvalue weighted by molar-refractivity contribution is 5.20. The first-order chi connectivity index (χ1) is 9.83. The molecule has 0 saturated carbocycles. The number of benzene rings is 2. The van der Waals surface area contributed by atoms with Gasteiger partial charge in [0.1, 0.15) is 0 Å². The Morgan fingerprint density at radius 2 is 1.55 bits per heavy atom. The van der Waals surface area contributed by atoms with Gasteiger partial charge < -0.3 is 10.4 Å². The molecule has 0 fully saturated rings. The Hall–Kier alpha value is -1.64. The molecule has 0 saturated heterocycles. The van der Waals surface area contributed by atoms with Gasteiger partial charge in [-0.3, -0.25) is 0 Å². The third-order valence-corrected chi connectivity index (χ3v) is 3.59. The van der Waals surface area contributed by atoms with E-state index >= 15 is 0 Å². The van der Waals surface area contributed by atoms with Crippen LogP contribution in [0.15, 0.2) is 60.7 Å². The second kappa shape index (κ2) is 7.83. The summed E-state index contributed by atoms with van der Waals surface area (Å²) in [5, 5.41) is 13.2. The molecule has 106 valence electrons. The molecule has 0 spiro atoms. The van der Waals surface area contributed by atoms with Crippen molar-refractivity contribution in [2.24, 2.45) is 0 Å². The number of nitrogens with one attached hydrogen (secondary N) is 1. The minimum atomic E-state index is 0.0857. The molecule has 2 rings (SSSR count). The van der Waals surface area contributed by atoms with E-state index in [1.807, 2.05) is 24.3 Å². The van der Waals surface area contributed by atoms with Crippen molar-refractivity contribution in [3.63, 3.8) is 0 Å². The lowest BCUT2D eigenvalue weighted by molar-refractivity contribution is 0.229. The van der Waals surface area contributed by atoms with Crippen molar-refractivity contribution in [3.05, 3.63) is 71.8 Å². The zero-order valence-electron chi connectivity index (χ0n) is 12.0. The molecular formula is C18H23NO. The van der Waals surface area contributed by atoms with Gasteiger partial charge >= 0.3 is 0 Å². The van der Waals surface area contributed by atoms with E-state index in [1.54, 1.807) is 0 Å². The topological polar surface area (TPSA) is 32.3 Å². The molecule has 0 aliphatic heterocycles. The van der Waals surface area contributed by atoms with Crippen LogP contribution in [0.25, 0.3) is 0 Å². The minimum absolute atomic E-state index is 0.0857. The average Bonchev–Trinajstić information content (AvgIpc) is 2.53. The van der Waals surface area contributed by atoms with E-state index in [4.69, 9.17) is 0 Å². The molecule has 0 heterocycles. The number of aliphatic hydroxyl groups excluding tert-OH is 1. The van der Waals surface area contributed by atoms with Crippen LogP contribution in [-0.4, -0.2) is 17.8 Å². The number of rotatable bonds is 7. The highest BCUT2D eigenvalue weighted by Gasteiger charge is 2.15. The van der Waals surface area contributed by atoms with E-state index in [1.165, 1.54) is 11.1 Å². The third kappa shape index (κ3) is 4.19. The van der Waals surface area contributed by atoms with Crippen LogP contribution in [0.2, 0.25) is 0 Å². The van der Waals surface area contributed by atoms with Gasteiger partial charge in [-0.15, -0.1) is 0 Å². The van der Waals surface area contributed by atoms with E-state index in [0.29, 0.717) is 0 Å². The Morgan fingerprint density at radius 1 is 0.950 bits per heavy atom. The van der Waals surface area contributed by atoms with E-state index in [2.05, 4.69) is 48.6 Å². The summed E-state index contributed by atoms with van der Waals surface area (Å²) in [5.41, 5.74) is 2.53. The Morgan fingerprint density at radius 3 is 2.10 bits per heavy atom. The van der Waals surface area contributed by atoms with Crippen LogP contribution in [-0.2, 0) is 6.42 Å². The fourth-order valence-electron chi connectivity index (χ4n) is 2.49. The predicted molar refractivity (Wildman–Crippen MR) is 83.6 cm³/mol. The van der Waals surface area contributed by atoms with Crippen LogP contribution in [0.5, 0.6) is 0 Å². The molecule has 2 aromatic carbocycles. The molecule has 2 unspecified atom stereocenters. The van der Waals surface area contributed by atoms with Crippen molar-refractivity contribution in [2.75, 3.05) is 6.61 Å². The molecule has 0 radical (unpaired) electrons. The van der Waals surface area contributed by atoms with Gasteiger partial charge in [-0.05, 0) is 24.0 Å². The first-order valence-electron chi connectivity index (χ1n) is 7.29. The van der Waals surface area contributed by atoms with Gasteiger partial charge in [0, 0.05) is 12.1 Å². The van der Waals surface area contributed by atoms with Gasteiger partial charge in [0.15, 0.2) is 0 Å². The molecule has 0 aliphatic carbocycles. The lowest BCUT2D eigenvalue weighted by atomic mass is 10.0. The van der Waals surface area contributed by atoms with Crippen molar-refractivity contribution in [2.45, 2.75) is 31.8 Å². The van der Waals surface area contributed by atoms with Gasteiger partial charge in [-0.2, -0.15) is 0 Å². The maximum Gasteiger partial charge on any atom is 0.0588 e. The fraction of sp³-hybridized carbons (Fsp3) is 0.333. The second-order valence-electron chi connectivity index (χ2n) is 5.11. The summed E-state index contributed by atoms with van der Waals surface area (Å²) in [4.78, 5) is 0. The van der Waals surface area contributed by atoms with Crippen LogP contribution in [0.3, 0.4) is 0 Å². The van der Waals surface area contributed by atoms with Crippen LogP contribution in [0, 0.1) is 0 Å². The lowest BCUT2D eigenvalue weighted by Crippen LogP contribution is -2.37. The maximum atomic E-state index is 9.62. The normalized spacial score (nSPS) is 13.9. The summed E-state index contributed by atoms with van der Waals surface area (Å²) < 4.78 is 0. The molecule has 2 heteroatoms. The average molecular weight is 269 g/mol. The van der Waals surface area contributed by atoms with Crippen molar-refractivity contribution < 1.29 is 5.11 Å². The number of aliphatic hydroxyl groups is 1. The molecule has 2 atom stereocenters. The lowest BCUT2D eigenvalue weighted by Gasteiger charge is -2.24. The summed E-state index contributed by atoms with van der Waals surface area (Å²) in [6.45, 7) is 2.32. The molecule has 2 N–H and O–H groups in total. The number of hydrogen-bond acceptors (Lipinski definition) is 2. The van der Waals surface area contributed by atoms with Gasteiger partial charge in [0.05, 0.1) is 6.61 Å². The molecule has 20 heavy (non-hydrogen) atoms. The molecule has 0 aromatic heterocycles. The smallest absolute Gasteiger partial charge is 0.0588 e. The van der Waals surface area contributed by atoms with E-state index < -0.39 is 0 Å². The monoisotopic (exact) mass is 269 g/mol. The number of hydrogen-bond donors (Lipinski definition) is 2. The first-order valence-corrected chi connectivity index (χ1v) is 7.29. The predicted octanol–water partition coefficient (Wildman–Crippen LogP) is 3.33. The summed E-state index contributed by atoms with van der Waals surface area (Å²) in [6, 6.07) is 21.1. The SMILES string of the molecule is CCC(NC(CO)Cc1ccccc1)c1ccccc1. The summed E-state index contributed by atoms with van der Waals surface area (Å²) in [6.07, 6.45) is 1.86. The first kappa shape index (κ1) is 14.8. The van der Waals surface area contributed by atoms with Crippen LogP contribution in [0.1, 0.15) is 30.5 Å². The Bertz CT molecular complexity index is 483. The van der Waals surface area contributed by atoms with Crippen molar-refractivity contribution in [1.29, 1.82) is 0 Å². The van der Waals surface area contributed by atoms with Crippen LogP contribution in [0.4, 0.5) is 0 Å². The van der Waals surface area contributed by atoms with Gasteiger partial charge in [0.2, 0.25) is 0 Å². The van der Waals surface area contributed by atoms with E-state index in [0.717, 1.165) is 12.8 Å². The largest absolute Gasteiger partial charge is 0.395 e. The fourth-order valence-corrected chi connectivity index (χ4v) is 2.49.